The van der Waals surface area contributed by atoms with Crippen molar-refractivity contribution < 1.29 is 9.18 Å². The van der Waals surface area contributed by atoms with Gasteiger partial charge in [-0.15, -0.1) is 0 Å². The molecular formula is C23H27FN4O. The molecule has 29 heavy (non-hydrogen) atoms. The first kappa shape index (κ1) is 19.6. The Labute approximate surface area is 171 Å². The lowest BCUT2D eigenvalue weighted by Crippen LogP contribution is -2.37. The van der Waals surface area contributed by atoms with Gasteiger partial charge in [0.2, 0.25) is 5.91 Å². The van der Waals surface area contributed by atoms with E-state index < -0.39 is 5.92 Å². The van der Waals surface area contributed by atoms with E-state index in [2.05, 4.69) is 46.1 Å². The number of benzene rings is 2. The summed E-state index contributed by atoms with van der Waals surface area (Å²) in [6.45, 7) is 8.75. The molecule has 2 atom stereocenters. The van der Waals surface area contributed by atoms with Crippen LogP contribution in [0.2, 0.25) is 0 Å². The van der Waals surface area contributed by atoms with Crippen molar-refractivity contribution >= 4 is 29.2 Å². The van der Waals surface area contributed by atoms with Crippen molar-refractivity contribution in [3.63, 3.8) is 0 Å². The smallest absolute Gasteiger partial charge is 0.237 e. The Hall–Kier alpha value is -2.73. The molecule has 4 rings (SSSR count). The van der Waals surface area contributed by atoms with Crippen LogP contribution >= 0.6 is 0 Å². The second-order valence-electron chi connectivity index (χ2n) is 7.60. The highest BCUT2D eigenvalue weighted by Crippen LogP contribution is 2.32. The number of hydrogen-bond donors (Lipinski definition) is 1. The normalized spacial score (nSPS) is 21.2. The van der Waals surface area contributed by atoms with Crippen LogP contribution in [0.15, 0.2) is 47.5 Å². The van der Waals surface area contributed by atoms with Gasteiger partial charge in [-0.25, -0.2) is 4.39 Å². The summed E-state index contributed by atoms with van der Waals surface area (Å²) in [7, 11) is 0. The maximum absolute atomic E-state index is 13.4. The van der Waals surface area contributed by atoms with E-state index in [0.717, 1.165) is 37.4 Å². The van der Waals surface area contributed by atoms with Gasteiger partial charge in [0.1, 0.15) is 11.7 Å². The minimum Gasteiger partial charge on any atom is -0.370 e. The van der Waals surface area contributed by atoms with Crippen molar-refractivity contribution in [2.75, 3.05) is 36.4 Å². The second kappa shape index (κ2) is 8.33. The highest BCUT2D eigenvalue weighted by molar-refractivity contribution is 6.12. The highest BCUT2D eigenvalue weighted by atomic mass is 19.1. The molecule has 0 aliphatic carbocycles. The minimum absolute atomic E-state index is 0.175. The first-order chi connectivity index (χ1) is 14.1. The molecule has 6 heteroatoms. The lowest BCUT2D eigenvalue weighted by atomic mass is 10.0. The molecule has 152 valence electrons. The third kappa shape index (κ3) is 4.03. The Morgan fingerprint density at radius 3 is 2.69 bits per heavy atom. The lowest BCUT2D eigenvalue weighted by molar-refractivity contribution is -0.115. The zero-order valence-corrected chi connectivity index (χ0v) is 16.9. The van der Waals surface area contributed by atoms with Gasteiger partial charge in [0, 0.05) is 36.7 Å². The number of likely N-dealkylation sites (N-methyl/N-ethyl adjacent to an activating group) is 1. The van der Waals surface area contributed by atoms with Crippen LogP contribution < -0.4 is 10.2 Å². The van der Waals surface area contributed by atoms with Crippen LogP contribution in [0.3, 0.4) is 0 Å². The minimum atomic E-state index is -0.487. The van der Waals surface area contributed by atoms with E-state index in [0.29, 0.717) is 11.7 Å². The molecule has 1 fully saturated rings. The number of nitrogens with zero attached hydrogens (tertiary/aromatic N) is 3. The molecule has 2 aliphatic rings. The van der Waals surface area contributed by atoms with Crippen molar-refractivity contribution in [3.05, 3.63) is 53.8 Å². The molecule has 5 nitrogen and oxygen atoms in total. The summed E-state index contributed by atoms with van der Waals surface area (Å²) in [5.74, 6) is -1.02. The fraction of sp³-hybridized carbons (Fsp3) is 0.391. The lowest BCUT2D eigenvalue weighted by Gasteiger charge is -2.26. The van der Waals surface area contributed by atoms with Gasteiger partial charge in [0.25, 0.3) is 0 Å². The number of nitrogens with one attached hydrogen (secondary N) is 1. The average molecular weight is 394 g/mol. The number of anilines is 2. The van der Waals surface area contributed by atoms with Crippen molar-refractivity contribution in [2.45, 2.75) is 32.2 Å². The summed E-state index contributed by atoms with van der Waals surface area (Å²) in [6, 6.07) is 13.1. The number of carbonyl (C=O) groups is 1. The van der Waals surface area contributed by atoms with E-state index in [1.807, 2.05) is 12.1 Å². The Bertz CT molecular complexity index is 908. The van der Waals surface area contributed by atoms with E-state index in [-0.39, 0.29) is 11.7 Å². The van der Waals surface area contributed by atoms with Gasteiger partial charge in [-0.05, 0) is 61.5 Å². The van der Waals surface area contributed by atoms with Gasteiger partial charge < -0.3 is 10.2 Å². The third-order valence-corrected chi connectivity index (χ3v) is 5.97. The van der Waals surface area contributed by atoms with Gasteiger partial charge in [-0.1, -0.05) is 19.9 Å². The molecule has 0 bridgehead atoms. The van der Waals surface area contributed by atoms with Crippen LogP contribution in [0.5, 0.6) is 0 Å². The Kier molecular flexibility index (Phi) is 5.62. The molecule has 0 aromatic heterocycles. The highest BCUT2D eigenvalue weighted by Gasteiger charge is 2.29. The second-order valence-corrected chi connectivity index (χ2v) is 7.60. The van der Waals surface area contributed by atoms with Gasteiger partial charge in [-0.2, -0.15) is 0 Å². The first-order valence-electron chi connectivity index (χ1n) is 10.3. The molecular weight excluding hydrogens is 367 g/mol. The monoisotopic (exact) mass is 394 g/mol. The van der Waals surface area contributed by atoms with E-state index in [9.17, 15) is 9.18 Å². The zero-order chi connectivity index (χ0) is 20.4. The number of halogens is 1. The third-order valence-electron chi connectivity index (χ3n) is 5.97. The molecule has 2 aliphatic heterocycles. The average Bonchev–Trinajstić information content (AvgIpc) is 3.32. The molecule has 0 radical (unpaired) electrons. The van der Waals surface area contributed by atoms with E-state index in [4.69, 9.17) is 0 Å². The van der Waals surface area contributed by atoms with Crippen molar-refractivity contribution in [3.8, 4) is 0 Å². The summed E-state index contributed by atoms with van der Waals surface area (Å²) < 4.78 is 13.4. The summed E-state index contributed by atoms with van der Waals surface area (Å²) in [4.78, 5) is 21.6. The molecule has 2 unspecified atom stereocenters. The van der Waals surface area contributed by atoms with Gasteiger partial charge in [0.05, 0.1) is 5.69 Å². The number of aliphatic imine (C=N–C) groups is 1. The van der Waals surface area contributed by atoms with Gasteiger partial charge >= 0.3 is 0 Å². The fourth-order valence-electron chi connectivity index (χ4n) is 4.33. The predicted molar refractivity (Wildman–Crippen MR) is 116 cm³/mol. The number of rotatable bonds is 6. The molecule has 0 spiro atoms. The largest absolute Gasteiger partial charge is 0.370 e. The molecule has 1 amide bonds. The van der Waals surface area contributed by atoms with Crippen LogP contribution in [0.4, 0.5) is 21.5 Å². The number of fused-ring (bicyclic) bond motifs is 1. The fourth-order valence-corrected chi connectivity index (χ4v) is 4.33. The van der Waals surface area contributed by atoms with Crippen LogP contribution in [0, 0.1) is 5.82 Å². The number of hydrogen-bond acceptors (Lipinski definition) is 4. The molecule has 1 N–H and O–H groups in total. The molecule has 1 saturated heterocycles. The van der Waals surface area contributed by atoms with Gasteiger partial charge in [0.15, 0.2) is 0 Å². The van der Waals surface area contributed by atoms with Crippen LogP contribution in [0.1, 0.15) is 31.7 Å². The van der Waals surface area contributed by atoms with E-state index in [1.165, 1.54) is 24.2 Å². The number of carbonyl (C=O) groups excluding carboxylic acids is 1. The molecule has 2 heterocycles. The topological polar surface area (TPSA) is 47.9 Å². The maximum atomic E-state index is 13.4. The zero-order valence-electron chi connectivity index (χ0n) is 16.9. The SMILES string of the molecule is CCN(CC)C1CCN(c2ccc(N=CC3C(=O)Nc4cc(F)ccc43)cc2)C1. The number of amides is 1. The maximum Gasteiger partial charge on any atom is 0.237 e. The Morgan fingerprint density at radius 2 is 1.97 bits per heavy atom. The quantitative estimate of drug-likeness (QED) is 0.748. The summed E-state index contributed by atoms with van der Waals surface area (Å²) >= 11 is 0. The van der Waals surface area contributed by atoms with Crippen molar-refractivity contribution in [2.24, 2.45) is 4.99 Å². The molecule has 0 saturated carbocycles. The molecule has 2 aromatic carbocycles. The predicted octanol–water partition coefficient (Wildman–Crippen LogP) is 4.18. The van der Waals surface area contributed by atoms with Gasteiger partial charge in [-0.3, -0.25) is 14.7 Å². The summed E-state index contributed by atoms with van der Waals surface area (Å²) in [5, 5.41) is 2.71. The standard InChI is InChI=1S/C23H27FN4O/c1-3-27(4-2)19-11-12-28(15-19)18-8-6-17(7-9-18)25-14-21-20-10-5-16(24)13-22(20)26-23(21)29/h5-10,13-14,19,21H,3-4,11-12,15H2,1-2H3,(H,26,29). The van der Waals surface area contributed by atoms with Crippen molar-refractivity contribution in [1.82, 2.24) is 4.90 Å². The Morgan fingerprint density at radius 1 is 1.21 bits per heavy atom. The van der Waals surface area contributed by atoms with Crippen LogP contribution in [-0.2, 0) is 4.79 Å². The first-order valence-corrected chi connectivity index (χ1v) is 10.3. The summed E-state index contributed by atoms with van der Waals surface area (Å²) in [5.41, 5.74) is 3.30. The van der Waals surface area contributed by atoms with Crippen molar-refractivity contribution in [1.29, 1.82) is 0 Å². The summed E-state index contributed by atoms with van der Waals surface area (Å²) in [6.07, 6.45) is 2.83. The Balaban J connectivity index is 1.42. The van der Waals surface area contributed by atoms with E-state index in [1.54, 1.807) is 12.3 Å². The van der Waals surface area contributed by atoms with Crippen LogP contribution in [0.25, 0.3) is 0 Å². The molecule has 2 aromatic rings. The van der Waals surface area contributed by atoms with E-state index >= 15 is 0 Å². The van der Waals surface area contributed by atoms with Crippen LogP contribution in [-0.4, -0.2) is 49.2 Å².